The summed E-state index contributed by atoms with van der Waals surface area (Å²) in [5.74, 6) is -0.391. The Hall–Kier alpha value is -3.74. The van der Waals surface area contributed by atoms with Gasteiger partial charge in [-0.25, -0.2) is 4.39 Å². The fraction of sp³-hybridized carbons (Fsp3) is 0.208. The Balaban J connectivity index is 1.47. The van der Waals surface area contributed by atoms with Crippen LogP contribution in [0.2, 0.25) is 0 Å². The van der Waals surface area contributed by atoms with Crippen molar-refractivity contribution in [1.82, 2.24) is 20.2 Å². The second-order valence-electron chi connectivity index (χ2n) is 7.77. The molecule has 1 fully saturated rings. The zero-order chi connectivity index (χ0) is 21.2. The average Bonchev–Trinajstić information content (AvgIpc) is 3.25. The highest BCUT2D eigenvalue weighted by Gasteiger charge is 2.15. The van der Waals surface area contributed by atoms with E-state index in [-0.39, 0.29) is 5.69 Å². The molecule has 1 aliphatic heterocycles. The van der Waals surface area contributed by atoms with E-state index in [2.05, 4.69) is 55.2 Å². The van der Waals surface area contributed by atoms with E-state index >= 15 is 0 Å². The second kappa shape index (κ2) is 8.18. The first kappa shape index (κ1) is 19.2. The molecule has 7 heteroatoms. The molecule has 0 saturated carbocycles. The largest absolute Gasteiger partial charge is 0.370 e. The predicted molar refractivity (Wildman–Crippen MR) is 122 cm³/mol. The minimum absolute atomic E-state index is 0.262. The summed E-state index contributed by atoms with van der Waals surface area (Å²) in [7, 11) is 0. The van der Waals surface area contributed by atoms with Crippen LogP contribution >= 0.6 is 0 Å². The van der Waals surface area contributed by atoms with Gasteiger partial charge < -0.3 is 10.2 Å². The van der Waals surface area contributed by atoms with Gasteiger partial charge in [0.15, 0.2) is 0 Å². The number of aromatic nitrogens is 4. The number of nitrogens with one attached hydrogen (secondary N) is 2. The van der Waals surface area contributed by atoms with E-state index in [4.69, 9.17) is 0 Å². The van der Waals surface area contributed by atoms with Crippen molar-refractivity contribution in [1.29, 1.82) is 0 Å². The predicted octanol–water partition coefficient (Wildman–Crippen LogP) is 5.23. The van der Waals surface area contributed by atoms with Crippen molar-refractivity contribution < 1.29 is 4.39 Å². The van der Waals surface area contributed by atoms with Crippen molar-refractivity contribution >= 4 is 28.0 Å². The Morgan fingerprint density at radius 3 is 2.71 bits per heavy atom. The molecule has 0 spiro atoms. The summed E-state index contributed by atoms with van der Waals surface area (Å²) in [4.78, 5) is 10.8. The number of hydrogen-bond acceptors (Lipinski definition) is 5. The molecule has 5 rings (SSSR count). The molecule has 0 aliphatic carbocycles. The molecule has 0 unspecified atom stereocenters. The third-order valence-corrected chi connectivity index (χ3v) is 5.68. The molecule has 4 heterocycles. The number of rotatable bonds is 5. The van der Waals surface area contributed by atoms with Gasteiger partial charge in [-0.2, -0.15) is 5.10 Å². The van der Waals surface area contributed by atoms with Gasteiger partial charge in [-0.1, -0.05) is 12.6 Å². The number of benzene rings is 1. The third-order valence-electron chi connectivity index (χ3n) is 5.68. The van der Waals surface area contributed by atoms with Gasteiger partial charge in [-0.3, -0.25) is 15.1 Å². The van der Waals surface area contributed by atoms with E-state index in [1.54, 1.807) is 0 Å². The number of halogens is 1. The Bertz CT molecular complexity index is 1240. The molecule has 1 aliphatic rings. The van der Waals surface area contributed by atoms with Crippen molar-refractivity contribution in [3.8, 4) is 11.1 Å². The zero-order valence-corrected chi connectivity index (χ0v) is 17.1. The monoisotopic (exact) mass is 414 g/mol. The molecule has 0 bridgehead atoms. The normalized spacial score (nSPS) is 14.0. The van der Waals surface area contributed by atoms with Crippen LogP contribution in [0.1, 0.15) is 25.0 Å². The van der Waals surface area contributed by atoms with E-state index in [1.807, 2.05) is 18.5 Å². The van der Waals surface area contributed by atoms with Crippen molar-refractivity contribution in [3.63, 3.8) is 0 Å². The number of nitrogens with zero attached hydrogens (tertiary/aromatic N) is 4. The molecular weight excluding hydrogens is 391 g/mol. The summed E-state index contributed by atoms with van der Waals surface area (Å²) < 4.78 is 14.0. The summed E-state index contributed by atoms with van der Waals surface area (Å²) >= 11 is 0. The topological polar surface area (TPSA) is 69.7 Å². The van der Waals surface area contributed by atoms with Gasteiger partial charge in [0.2, 0.25) is 0 Å². The van der Waals surface area contributed by atoms with Crippen LogP contribution in [0, 0.1) is 5.82 Å². The number of H-pyrrole nitrogens is 1. The molecular formula is C24H23FN6. The van der Waals surface area contributed by atoms with Crippen molar-refractivity contribution in [2.24, 2.45) is 0 Å². The van der Waals surface area contributed by atoms with Crippen LogP contribution in [0.4, 0.5) is 15.8 Å². The summed E-state index contributed by atoms with van der Waals surface area (Å²) in [6, 6.07) is 9.61. The lowest BCUT2D eigenvalue weighted by atomic mass is 10.0. The quantitative estimate of drug-likeness (QED) is 0.468. The minimum atomic E-state index is -0.391. The van der Waals surface area contributed by atoms with Crippen LogP contribution in [0.5, 0.6) is 0 Å². The molecule has 3 aromatic heterocycles. The second-order valence-corrected chi connectivity index (χ2v) is 7.77. The maximum absolute atomic E-state index is 14.0. The number of anilines is 2. The van der Waals surface area contributed by atoms with E-state index in [1.165, 1.54) is 37.7 Å². The molecule has 0 atom stereocenters. The fourth-order valence-electron chi connectivity index (χ4n) is 4.03. The van der Waals surface area contributed by atoms with E-state index in [9.17, 15) is 4.39 Å². The molecule has 31 heavy (non-hydrogen) atoms. The summed E-state index contributed by atoms with van der Waals surface area (Å²) in [6.07, 6.45) is 10.4. The van der Waals surface area contributed by atoms with Crippen LogP contribution in [-0.4, -0.2) is 33.3 Å². The number of hydrogen-bond donors (Lipinski definition) is 2. The lowest BCUT2D eigenvalue weighted by molar-refractivity contribution is 0.577. The molecule has 2 N–H and O–H groups in total. The maximum Gasteiger partial charge on any atom is 0.149 e. The average molecular weight is 414 g/mol. The van der Waals surface area contributed by atoms with Gasteiger partial charge in [0.25, 0.3) is 0 Å². The lowest BCUT2D eigenvalue weighted by Crippen LogP contribution is -2.29. The molecule has 4 aromatic rings. The Kier molecular flexibility index (Phi) is 5.08. The van der Waals surface area contributed by atoms with Gasteiger partial charge in [0, 0.05) is 36.4 Å². The molecule has 6 nitrogen and oxygen atoms in total. The standard InChI is InChI=1S/C24H23FN6/c1-16(28-23-15-26-8-7-21(23)25)24-20-12-17(5-6-22(20)29-30-24)18-11-19(14-27-13-18)31-9-3-2-4-10-31/h5-8,11-15,28H,1-4,9-10H2,(H,29,30). The first-order chi connectivity index (χ1) is 15.2. The molecule has 1 saturated heterocycles. The maximum atomic E-state index is 14.0. The molecule has 0 amide bonds. The first-order valence-corrected chi connectivity index (χ1v) is 10.4. The number of piperidine rings is 1. The molecule has 1 aromatic carbocycles. The summed E-state index contributed by atoms with van der Waals surface area (Å²) in [5, 5.41) is 11.3. The van der Waals surface area contributed by atoms with Gasteiger partial charge in [-0.15, -0.1) is 0 Å². The van der Waals surface area contributed by atoms with Crippen LogP contribution < -0.4 is 10.2 Å². The van der Waals surface area contributed by atoms with Gasteiger partial charge in [0.1, 0.15) is 11.5 Å². The summed E-state index contributed by atoms with van der Waals surface area (Å²) in [5.41, 5.74) is 5.53. The zero-order valence-electron chi connectivity index (χ0n) is 17.1. The van der Waals surface area contributed by atoms with Crippen LogP contribution in [0.3, 0.4) is 0 Å². The number of pyridine rings is 2. The SMILES string of the molecule is C=C(Nc1cnccc1F)c1n[nH]c2ccc(-c3cncc(N4CCCCC4)c3)cc12. The Morgan fingerprint density at radius 2 is 1.87 bits per heavy atom. The highest BCUT2D eigenvalue weighted by Crippen LogP contribution is 2.30. The Morgan fingerprint density at radius 1 is 1.00 bits per heavy atom. The van der Waals surface area contributed by atoms with Crippen LogP contribution in [0.15, 0.2) is 61.7 Å². The first-order valence-electron chi connectivity index (χ1n) is 10.4. The fourth-order valence-corrected chi connectivity index (χ4v) is 4.03. The molecule has 0 radical (unpaired) electrons. The van der Waals surface area contributed by atoms with E-state index in [0.29, 0.717) is 11.4 Å². The van der Waals surface area contributed by atoms with Crippen LogP contribution in [-0.2, 0) is 0 Å². The van der Waals surface area contributed by atoms with Crippen molar-refractivity contribution in [3.05, 3.63) is 73.2 Å². The van der Waals surface area contributed by atoms with Crippen molar-refractivity contribution in [2.45, 2.75) is 19.3 Å². The van der Waals surface area contributed by atoms with E-state index < -0.39 is 5.82 Å². The van der Waals surface area contributed by atoms with E-state index in [0.717, 1.165) is 40.8 Å². The van der Waals surface area contributed by atoms with Crippen LogP contribution in [0.25, 0.3) is 27.7 Å². The minimum Gasteiger partial charge on any atom is -0.370 e. The van der Waals surface area contributed by atoms with Crippen molar-refractivity contribution in [2.75, 3.05) is 23.3 Å². The smallest absolute Gasteiger partial charge is 0.149 e. The number of aromatic amines is 1. The lowest BCUT2D eigenvalue weighted by Gasteiger charge is -2.28. The third kappa shape index (κ3) is 3.86. The van der Waals surface area contributed by atoms with Gasteiger partial charge in [-0.05, 0) is 49.1 Å². The summed E-state index contributed by atoms with van der Waals surface area (Å²) in [6.45, 7) is 6.21. The highest BCUT2D eigenvalue weighted by atomic mass is 19.1. The van der Waals surface area contributed by atoms with Gasteiger partial charge in [0.05, 0.1) is 35.0 Å². The number of fused-ring (bicyclic) bond motifs is 1. The Labute approximate surface area is 179 Å². The molecule has 156 valence electrons. The highest BCUT2D eigenvalue weighted by molar-refractivity contribution is 5.95. The van der Waals surface area contributed by atoms with Gasteiger partial charge >= 0.3 is 0 Å².